The van der Waals surface area contributed by atoms with Gasteiger partial charge in [0.05, 0.1) is 5.39 Å². The van der Waals surface area contributed by atoms with Gasteiger partial charge in [0.2, 0.25) is 18.0 Å². The number of Topliss-reactive ketones (excluding diaryl/α,β-unsaturated/α-hetero) is 1. The Morgan fingerprint density at radius 2 is 0.803 bits per heavy atom. The van der Waals surface area contributed by atoms with Crippen LogP contribution >= 0.6 is 12.6 Å². The van der Waals surface area contributed by atoms with E-state index in [1.807, 2.05) is 53.2 Å². The topological polar surface area (TPSA) is 20.9 Å². The lowest BCUT2D eigenvalue weighted by Crippen LogP contribution is -2.81. The number of thiol groups is 1. The number of pyridine rings is 1. The van der Waals surface area contributed by atoms with Crippen LogP contribution in [0.25, 0.3) is 16.8 Å². The van der Waals surface area contributed by atoms with E-state index in [0.29, 0.717) is 11.8 Å². The lowest BCUT2D eigenvalue weighted by Gasteiger charge is -2.44. The molecule has 24 heteroatoms. The molecule has 71 heavy (non-hydrogen) atoms. The Balaban J connectivity index is 0.000000268. The lowest BCUT2D eigenvalue weighted by atomic mass is 9.12. The van der Waals surface area contributed by atoms with Crippen LogP contribution in [0, 0.1) is 116 Å². The minimum absolute atomic E-state index is 0.115. The summed E-state index contributed by atoms with van der Waals surface area (Å²) in [7, 11) is 0. The maximum atomic E-state index is 15.4. The molecule has 0 aliphatic heterocycles. The molecule has 1 unspecified atom stereocenters. The molecule has 0 saturated carbocycles. The molecule has 0 spiro atoms. The largest absolute Gasteiger partial charge is 0.287 e. The number of carbonyl (C=O) groups excluding carboxylic acids is 1. The van der Waals surface area contributed by atoms with Gasteiger partial charge in [-0.05, 0) is 29.5 Å². The highest BCUT2D eigenvalue weighted by molar-refractivity contribution is 7.80. The van der Waals surface area contributed by atoms with E-state index in [4.69, 9.17) is 0 Å². The Kier molecular flexibility index (Phi) is 15.7. The molecule has 0 bridgehead atoms. The van der Waals surface area contributed by atoms with Crippen LogP contribution in [0.1, 0.15) is 35.8 Å². The van der Waals surface area contributed by atoms with Crippen molar-refractivity contribution in [2.45, 2.75) is 31.6 Å². The molecule has 1 heterocycles. The first-order valence-corrected chi connectivity index (χ1v) is 20.4. The highest BCUT2D eigenvalue weighted by Gasteiger charge is 2.52. The van der Waals surface area contributed by atoms with Crippen LogP contribution in [-0.4, -0.2) is 17.2 Å². The van der Waals surface area contributed by atoms with Crippen LogP contribution in [-0.2, 0) is 6.54 Å². The number of hydrogen-bond acceptors (Lipinski definition) is 2. The van der Waals surface area contributed by atoms with E-state index < -0.39 is 144 Å². The molecule has 0 aliphatic rings. The Morgan fingerprint density at radius 3 is 1.15 bits per heavy atom. The van der Waals surface area contributed by atoms with E-state index in [9.17, 15) is 57.5 Å². The Hall–Kier alpha value is -6.85. The maximum Gasteiger partial charge on any atom is 0.227 e. The van der Waals surface area contributed by atoms with E-state index >= 15 is 35.1 Å². The number of nitrogens with zero attached hydrogens (tertiary/aromatic N) is 1. The van der Waals surface area contributed by atoms with Gasteiger partial charge in [0, 0.05) is 17.7 Å². The van der Waals surface area contributed by atoms with Crippen molar-refractivity contribution < 1.29 is 97.2 Å². The van der Waals surface area contributed by atoms with Crippen molar-refractivity contribution in [2.75, 3.05) is 0 Å². The average Bonchev–Trinajstić information content (AvgIpc) is 3.35. The summed E-state index contributed by atoms with van der Waals surface area (Å²) < 4.78 is 296. The second-order valence-electron chi connectivity index (χ2n) is 15.3. The number of benzene rings is 6. The molecule has 0 radical (unpaired) electrons. The summed E-state index contributed by atoms with van der Waals surface area (Å²) in [5, 5.41) is 2.73. The Bertz CT molecular complexity index is 2910. The summed E-state index contributed by atoms with van der Waals surface area (Å²) in [5.74, 6) is -71.3. The van der Waals surface area contributed by atoms with Crippen LogP contribution in [0.2, 0.25) is 0 Å². The second-order valence-corrected chi connectivity index (χ2v) is 16.2. The van der Waals surface area contributed by atoms with Crippen molar-refractivity contribution in [1.29, 1.82) is 0 Å². The van der Waals surface area contributed by atoms with Crippen molar-refractivity contribution in [1.82, 2.24) is 0 Å². The minimum atomic E-state index is -7.22. The molecular formula is C47H24BF20NOS. The summed E-state index contributed by atoms with van der Waals surface area (Å²) in [6.07, 6.45) is 1.11. The van der Waals surface area contributed by atoms with Gasteiger partial charge in [-0.15, -0.1) is 21.9 Å². The fourth-order valence-corrected chi connectivity index (χ4v) is 8.03. The number of halogens is 20. The summed E-state index contributed by atoms with van der Waals surface area (Å²) in [4.78, 5) is 12.7. The van der Waals surface area contributed by atoms with Crippen molar-refractivity contribution in [3.05, 3.63) is 201 Å². The molecule has 6 aromatic carbocycles. The van der Waals surface area contributed by atoms with Gasteiger partial charge in [0.15, 0.2) is 76.0 Å². The molecule has 2 nitrogen and oxygen atoms in total. The Morgan fingerprint density at radius 1 is 0.479 bits per heavy atom. The molecule has 1 atom stereocenters. The minimum Gasteiger partial charge on any atom is -0.287 e. The highest BCUT2D eigenvalue weighted by atomic mass is 32.1. The van der Waals surface area contributed by atoms with E-state index in [1.165, 1.54) is 5.39 Å². The summed E-state index contributed by atoms with van der Waals surface area (Å²) in [6, 6.07) is 19.8. The fraction of sp³-hybridized carbons (Fsp3) is 0.106. The number of aromatic nitrogens is 1. The number of fused-ring (bicyclic) bond motifs is 1. The highest BCUT2D eigenvalue weighted by Crippen LogP contribution is 2.31. The molecule has 1 aromatic heterocycles. The molecule has 7 rings (SSSR count). The van der Waals surface area contributed by atoms with E-state index in [1.54, 1.807) is 0 Å². The van der Waals surface area contributed by atoms with Crippen molar-refractivity contribution in [3.8, 4) is 0 Å². The van der Waals surface area contributed by atoms with Gasteiger partial charge in [-0.2, -0.15) is 17.2 Å². The number of ketones is 1. The van der Waals surface area contributed by atoms with Crippen molar-refractivity contribution in [2.24, 2.45) is 0 Å². The van der Waals surface area contributed by atoms with Gasteiger partial charge in [-0.3, -0.25) is 4.79 Å². The van der Waals surface area contributed by atoms with E-state index in [-0.39, 0.29) is 5.78 Å². The zero-order valence-electron chi connectivity index (χ0n) is 35.1. The monoisotopic (exact) mass is 1040 g/mol. The summed E-state index contributed by atoms with van der Waals surface area (Å²) in [6.45, 7) is 2.44. The molecule has 0 fully saturated rings. The third-order valence-corrected chi connectivity index (χ3v) is 11.4. The van der Waals surface area contributed by atoms with Gasteiger partial charge < -0.3 is 0 Å². The molecule has 0 saturated heterocycles. The standard InChI is InChI=1S/C24BF20.C23H23NOS/c26-5-1(6(27)14(35)21(42)13(5)34)25(2-7(28)15(36)22(43)16(37)8(2)29,3-9(30)17(38)23(44)18(39)10(3)31)4-11(32)19(40)24(45)20(41)12(4)33;1-18(26)9-5-8-14-22-21-13-7-6-10-19(21)15-16-24(22)17-23(25)20-11-3-2-4-12-20/h;2-4,6-8,10-16,18H,5,9,17H2,1H3/q-1;/p+1. The summed E-state index contributed by atoms with van der Waals surface area (Å²) in [5.41, 5.74) is -12.5. The molecular weight excluding hydrogens is 1020 g/mol. The first kappa shape index (κ1) is 53.5. The first-order chi connectivity index (χ1) is 33.3. The molecule has 372 valence electrons. The second kappa shape index (κ2) is 20.9. The quantitative estimate of drug-likeness (QED) is 0.0260. The molecule has 0 N–H and O–H groups in total. The van der Waals surface area contributed by atoms with Gasteiger partial charge in [-0.25, -0.2) is 87.8 Å². The predicted molar refractivity (Wildman–Crippen MR) is 221 cm³/mol. The molecule has 0 aliphatic carbocycles. The van der Waals surface area contributed by atoms with Crippen molar-refractivity contribution >= 4 is 63.3 Å². The smallest absolute Gasteiger partial charge is 0.227 e. The zero-order chi connectivity index (χ0) is 52.7. The fourth-order valence-electron chi connectivity index (χ4n) is 7.88. The van der Waals surface area contributed by atoms with E-state index in [0.717, 1.165) is 29.5 Å². The van der Waals surface area contributed by atoms with Crippen molar-refractivity contribution in [3.63, 3.8) is 0 Å². The number of hydrogen-bond donors (Lipinski definition) is 1. The molecule has 0 amide bonds. The van der Waals surface area contributed by atoms with Crippen LogP contribution in [0.3, 0.4) is 0 Å². The molecule has 7 aromatic rings. The lowest BCUT2D eigenvalue weighted by molar-refractivity contribution is -0.683. The van der Waals surface area contributed by atoms with Crippen LogP contribution in [0.5, 0.6) is 0 Å². The van der Waals surface area contributed by atoms with Crippen LogP contribution < -0.4 is 26.4 Å². The predicted octanol–water partition coefficient (Wildman–Crippen LogP) is 11.0. The zero-order valence-corrected chi connectivity index (χ0v) is 36.0. The number of allylic oxidation sites excluding steroid dienone is 1. The normalized spacial score (nSPS) is 12.2. The SMILES string of the molecule is CC(S)CCC=Cc1c2ccccc2cc[n+]1CC(=O)c1ccccc1.Fc1c(F)c(F)c([B-](c2c(F)c(F)c(F)c(F)c2F)(c2c(F)c(F)c(F)c(F)c2F)c2c(F)c(F)c(F)c(F)c2F)c(F)c1F. The third kappa shape index (κ3) is 9.21. The van der Waals surface area contributed by atoms with E-state index in [2.05, 4.69) is 49.9 Å². The Labute approximate surface area is 391 Å². The van der Waals surface area contributed by atoms with Crippen LogP contribution in [0.4, 0.5) is 87.8 Å². The average molecular weight is 1040 g/mol. The van der Waals surface area contributed by atoms with Gasteiger partial charge in [-0.1, -0.05) is 61.5 Å². The van der Waals surface area contributed by atoms with Gasteiger partial charge in [0.1, 0.15) is 52.7 Å². The number of carbonyl (C=O) groups is 1. The first-order valence-electron chi connectivity index (χ1n) is 19.9. The third-order valence-electron chi connectivity index (χ3n) is 11.1. The maximum absolute atomic E-state index is 15.4. The number of rotatable bonds is 11. The van der Waals surface area contributed by atoms with Gasteiger partial charge >= 0.3 is 0 Å². The van der Waals surface area contributed by atoms with Crippen LogP contribution in [0.15, 0.2) is 72.9 Å². The summed E-state index contributed by atoms with van der Waals surface area (Å²) >= 11 is 4.44. The van der Waals surface area contributed by atoms with Gasteiger partial charge in [0.25, 0.3) is 0 Å².